The third-order valence-electron chi connectivity index (χ3n) is 3.58. The predicted octanol–water partition coefficient (Wildman–Crippen LogP) is 3.68. The molecule has 0 bridgehead atoms. The van der Waals surface area contributed by atoms with Crippen molar-refractivity contribution in [2.24, 2.45) is 0 Å². The highest BCUT2D eigenvalue weighted by atomic mass is 32.1. The lowest BCUT2D eigenvalue weighted by atomic mass is 10.2. The van der Waals surface area contributed by atoms with E-state index in [1.165, 1.54) is 0 Å². The summed E-state index contributed by atoms with van der Waals surface area (Å²) < 4.78 is 5.29. The van der Waals surface area contributed by atoms with E-state index in [4.69, 9.17) is 4.74 Å². The number of amides is 1. The third kappa shape index (κ3) is 4.00. The number of nitrogens with zero attached hydrogens (tertiary/aromatic N) is 1. The molecule has 0 unspecified atom stereocenters. The molecule has 1 aromatic heterocycles. The van der Waals surface area contributed by atoms with Crippen LogP contribution in [-0.2, 0) is 17.8 Å². The lowest BCUT2D eigenvalue weighted by molar-refractivity contribution is -0.120. The minimum atomic E-state index is -0.0502. The first kappa shape index (κ1) is 16.2. The first-order chi connectivity index (χ1) is 11.8. The molecule has 1 heterocycles. The molecule has 0 saturated carbocycles. The lowest BCUT2D eigenvalue weighted by Gasteiger charge is -2.09. The van der Waals surface area contributed by atoms with Crippen molar-refractivity contribution in [1.29, 1.82) is 0 Å². The summed E-state index contributed by atoms with van der Waals surface area (Å²) >= 11 is 1.55. The Labute approximate surface area is 145 Å². The van der Waals surface area contributed by atoms with Crippen LogP contribution >= 0.6 is 11.3 Å². The summed E-state index contributed by atoms with van der Waals surface area (Å²) in [5.74, 6) is 0.726. The van der Waals surface area contributed by atoms with E-state index >= 15 is 0 Å². The summed E-state index contributed by atoms with van der Waals surface area (Å²) in [6, 6.07) is 17.6. The number of thiazole rings is 1. The Morgan fingerprint density at radius 1 is 1.12 bits per heavy atom. The number of carbonyl (C=O) groups excluding carboxylic acids is 1. The van der Waals surface area contributed by atoms with Crippen molar-refractivity contribution in [3.05, 3.63) is 71.2 Å². The topological polar surface area (TPSA) is 51.2 Å². The molecule has 24 heavy (non-hydrogen) atoms. The van der Waals surface area contributed by atoms with Crippen LogP contribution in [0.2, 0.25) is 0 Å². The van der Waals surface area contributed by atoms with Gasteiger partial charge in [0, 0.05) is 23.1 Å². The molecule has 5 heteroatoms. The molecule has 0 saturated heterocycles. The highest BCUT2D eigenvalue weighted by Crippen LogP contribution is 2.23. The second-order valence-corrected chi connectivity index (χ2v) is 6.13. The molecule has 0 aliphatic rings. The molecule has 0 aliphatic heterocycles. The Bertz CT molecular complexity index is 815. The van der Waals surface area contributed by atoms with Gasteiger partial charge in [0.15, 0.2) is 0 Å². The van der Waals surface area contributed by atoms with Crippen LogP contribution in [0.3, 0.4) is 0 Å². The molecule has 0 spiro atoms. The maximum atomic E-state index is 12.1. The quantitative estimate of drug-likeness (QED) is 0.746. The van der Waals surface area contributed by atoms with Gasteiger partial charge < -0.3 is 10.1 Å². The number of carbonyl (C=O) groups is 1. The summed E-state index contributed by atoms with van der Waals surface area (Å²) in [5.41, 5.74) is 2.82. The van der Waals surface area contributed by atoms with Gasteiger partial charge in [-0.15, -0.1) is 11.3 Å². The predicted molar refractivity (Wildman–Crippen MR) is 96.1 cm³/mol. The third-order valence-corrected chi connectivity index (χ3v) is 4.52. The second kappa shape index (κ2) is 7.75. The second-order valence-electron chi connectivity index (χ2n) is 5.28. The number of ether oxygens (including phenoxy) is 1. The van der Waals surface area contributed by atoms with Crippen molar-refractivity contribution in [2.75, 3.05) is 7.11 Å². The molecule has 3 aromatic rings. The van der Waals surface area contributed by atoms with Crippen LogP contribution in [-0.4, -0.2) is 18.0 Å². The molecule has 0 atom stereocenters. The maximum Gasteiger partial charge on any atom is 0.226 e. The minimum absolute atomic E-state index is 0.0502. The first-order valence-corrected chi connectivity index (χ1v) is 8.52. The zero-order valence-electron chi connectivity index (χ0n) is 13.4. The highest BCUT2D eigenvalue weighted by Gasteiger charge is 2.10. The van der Waals surface area contributed by atoms with Gasteiger partial charge in [-0.3, -0.25) is 4.79 Å². The normalized spacial score (nSPS) is 10.4. The monoisotopic (exact) mass is 338 g/mol. The molecular weight excluding hydrogens is 320 g/mol. The van der Waals surface area contributed by atoms with E-state index in [1.807, 2.05) is 60.0 Å². The van der Waals surface area contributed by atoms with Crippen molar-refractivity contribution >= 4 is 17.2 Å². The van der Waals surface area contributed by atoms with Crippen LogP contribution < -0.4 is 10.1 Å². The molecule has 0 aliphatic carbocycles. The maximum absolute atomic E-state index is 12.1. The number of hydrogen-bond acceptors (Lipinski definition) is 4. The Morgan fingerprint density at radius 3 is 2.67 bits per heavy atom. The van der Waals surface area contributed by atoms with Gasteiger partial charge in [0.25, 0.3) is 0 Å². The van der Waals surface area contributed by atoms with Crippen LogP contribution in [0.4, 0.5) is 0 Å². The minimum Gasteiger partial charge on any atom is -0.496 e. The summed E-state index contributed by atoms with van der Waals surface area (Å²) in [7, 11) is 1.63. The van der Waals surface area contributed by atoms with E-state index in [2.05, 4.69) is 10.3 Å². The Hall–Kier alpha value is -2.66. The molecule has 0 fully saturated rings. The molecule has 1 N–H and O–H groups in total. The summed E-state index contributed by atoms with van der Waals surface area (Å²) in [6.07, 6.45) is 0.276. The van der Waals surface area contributed by atoms with Crippen LogP contribution in [0.25, 0.3) is 10.6 Å². The molecule has 4 nitrogen and oxygen atoms in total. The van der Waals surface area contributed by atoms with Crippen molar-refractivity contribution in [2.45, 2.75) is 13.0 Å². The van der Waals surface area contributed by atoms with Crippen LogP contribution in [0.15, 0.2) is 60.0 Å². The van der Waals surface area contributed by atoms with Crippen LogP contribution in [0, 0.1) is 0 Å². The van der Waals surface area contributed by atoms with E-state index in [9.17, 15) is 4.79 Å². The van der Waals surface area contributed by atoms with Gasteiger partial charge in [0.2, 0.25) is 5.91 Å². The van der Waals surface area contributed by atoms with Crippen molar-refractivity contribution < 1.29 is 9.53 Å². The van der Waals surface area contributed by atoms with E-state index in [0.717, 1.165) is 27.6 Å². The van der Waals surface area contributed by atoms with Gasteiger partial charge in [-0.2, -0.15) is 0 Å². The van der Waals surface area contributed by atoms with E-state index in [-0.39, 0.29) is 12.3 Å². The molecule has 122 valence electrons. The highest BCUT2D eigenvalue weighted by molar-refractivity contribution is 7.13. The van der Waals surface area contributed by atoms with Gasteiger partial charge >= 0.3 is 0 Å². The smallest absolute Gasteiger partial charge is 0.226 e. The van der Waals surface area contributed by atoms with Gasteiger partial charge in [-0.1, -0.05) is 48.5 Å². The van der Waals surface area contributed by atoms with Crippen molar-refractivity contribution in [3.8, 4) is 16.3 Å². The van der Waals surface area contributed by atoms with Crippen molar-refractivity contribution in [3.63, 3.8) is 0 Å². The summed E-state index contributed by atoms with van der Waals surface area (Å²) in [6.45, 7) is 0.443. The fourth-order valence-corrected chi connectivity index (χ4v) is 3.20. The van der Waals surface area contributed by atoms with Crippen LogP contribution in [0.1, 0.15) is 11.3 Å². The number of nitrogens with one attached hydrogen (secondary N) is 1. The number of hydrogen-bond donors (Lipinski definition) is 1. The largest absolute Gasteiger partial charge is 0.496 e. The first-order valence-electron chi connectivity index (χ1n) is 7.64. The average Bonchev–Trinajstić information content (AvgIpc) is 3.09. The van der Waals surface area contributed by atoms with Gasteiger partial charge in [0.05, 0.1) is 19.2 Å². The lowest BCUT2D eigenvalue weighted by Crippen LogP contribution is -2.24. The Kier molecular flexibility index (Phi) is 5.23. The average molecular weight is 338 g/mol. The van der Waals surface area contributed by atoms with E-state index < -0.39 is 0 Å². The molecule has 1 amide bonds. The van der Waals surface area contributed by atoms with Gasteiger partial charge in [0.1, 0.15) is 10.8 Å². The Balaban J connectivity index is 1.58. The zero-order chi connectivity index (χ0) is 16.8. The number of para-hydroxylation sites is 1. The molecule has 3 rings (SSSR count). The van der Waals surface area contributed by atoms with E-state index in [1.54, 1.807) is 18.4 Å². The summed E-state index contributed by atoms with van der Waals surface area (Å²) in [5, 5.41) is 5.79. The number of benzene rings is 2. The summed E-state index contributed by atoms with van der Waals surface area (Å²) in [4.78, 5) is 16.7. The fraction of sp³-hybridized carbons (Fsp3) is 0.158. The SMILES string of the molecule is COc1ccccc1CNC(=O)Cc1csc(-c2ccccc2)n1. The van der Waals surface area contributed by atoms with E-state index in [0.29, 0.717) is 6.54 Å². The number of aromatic nitrogens is 1. The van der Waals surface area contributed by atoms with Crippen molar-refractivity contribution in [1.82, 2.24) is 10.3 Å². The van der Waals surface area contributed by atoms with Crippen LogP contribution in [0.5, 0.6) is 5.75 Å². The number of methoxy groups -OCH3 is 1. The van der Waals surface area contributed by atoms with Gasteiger partial charge in [-0.05, 0) is 6.07 Å². The zero-order valence-corrected chi connectivity index (χ0v) is 14.2. The molecule has 0 radical (unpaired) electrons. The Morgan fingerprint density at radius 2 is 1.88 bits per heavy atom. The molecule has 2 aromatic carbocycles. The standard InChI is InChI=1S/C19H18N2O2S/c1-23-17-10-6-5-9-15(17)12-20-18(22)11-16-13-24-19(21-16)14-7-3-2-4-8-14/h2-10,13H,11-12H2,1H3,(H,20,22). The molecular formula is C19H18N2O2S. The number of rotatable bonds is 6. The fourth-order valence-electron chi connectivity index (χ4n) is 2.37. The van der Waals surface area contributed by atoms with Gasteiger partial charge in [-0.25, -0.2) is 4.98 Å².